The first-order valence-corrected chi connectivity index (χ1v) is 12.1. The number of aryl methyl sites for hydroxylation is 1. The number of alkyl halides is 1. The molecule has 1 N–H and O–H groups in total. The van der Waals surface area contributed by atoms with Gasteiger partial charge in [-0.1, -0.05) is 20.8 Å². The van der Waals surface area contributed by atoms with E-state index in [-0.39, 0.29) is 30.2 Å². The average molecular weight is 527 g/mol. The average Bonchev–Trinajstić information content (AvgIpc) is 2.85. The molecule has 11 nitrogen and oxygen atoms in total. The molecular formula is C24H31ClN2O9. The molecule has 0 bridgehead atoms. The van der Waals surface area contributed by atoms with E-state index in [9.17, 15) is 24.0 Å². The molecule has 12 heteroatoms. The molecule has 1 aromatic rings. The lowest BCUT2D eigenvalue weighted by molar-refractivity contribution is -0.176. The van der Waals surface area contributed by atoms with Crippen LogP contribution >= 0.6 is 11.6 Å². The minimum atomic E-state index is -1.39. The van der Waals surface area contributed by atoms with Crippen molar-refractivity contribution in [3.05, 3.63) is 23.5 Å². The van der Waals surface area contributed by atoms with Crippen molar-refractivity contribution in [2.24, 2.45) is 11.8 Å². The second kappa shape index (κ2) is 13.2. The highest BCUT2D eigenvalue weighted by molar-refractivity contribution is 6.18. The summed E-state index contributed by atoms with van der Waals surface area (Å²) in [7, 11) is 0. The molecule has 1 aliphatic heterocycles. The minimum absolute atomic E-state index is 0.0311. The van der Waals surface area contributed by atoms with Gasteiger partial charge in [0.25, 0.3) is 5.91 Å². The third kappa shape index (κ3) is 7.39. The van der Waals surface area contributed by atoms with Crippen LogP contribution in [0.25, 0.3) is 0 Å². The Bertz CT molecular complexity index is 998. The van der Waals surface area contributed by atoms with Crippen molar-refractivity contribution in [2.45, 2.75) is 65.7 Å². The number of hydrogen-bond acceptors (Lipinski definition) is 10. The zero-order valence-electron chi connectivity index (χ0n) is 20.9. The molecule has 1 fully saturated rings. The number of carbonyl (C=O) groups excluding carboxylic acids is 5. The number of rotatable bonds is 8. The number of halogens is 1. The Morgan fingerprint density at radius 3 is 2.56 bits per heavy atom. The Balaban J connectivity index is 2.27. The Morgan fingerprint density at radius 2 is 1.94 bits per heavy atom. The summed E-state index contributed by atoms with van der Waals surface area (Å²) in [4.78, 5) is 66.8. The lowest BCUT2D eigenvalue weighted by Crippen LogP contribution is -2.47. The maximum atomic E-state index is 13.0. The molecule has 0 saturated carbocycles. The van der Waals surface area contributed by atoms with Gasteiger partial charge in [0.1, 0.15) is 12.7 Å². The standard InChI is InChI=1S/C24H31ClN2O9/c1-6-15-20(36-22(30)12(2)3)14(5)34-24(32)16(11-33-23(15)31)27-21(29)18-19(13(4)8-10-26-18)35-17(28)7-9-25/h8,10,12,14-16,20H,6-7,9,11H2,1-5H3,(H,27,29)/t14-,15+,16-,20-/m0/s1. The van der Waals surface area contributed by atoms with Crippen molar-refractivity contribution in [3.8, 4) is 5.75 Å². The molecule has 198 valence electrons. The van der Waals surface area contributed by atoms with Gasteiger partial charge in [-0.3, -0.25) is 19.2 Å². The summed E-state index contributed by atoms with van der Waals surface area (Å²) < 4.78 is 21.5. The van der Waals surface area contributed by atoms with E-state index in [1.165, 1.54) is 13.1 Å². The van der Waals surface area contributed by atoms with Crippen molar-refractivity contribution in [1.29, 1.82) is 0 Å². The second-order valence-corrected chi connectivity index (χ2v) is 8.97. The van der Waals surface area contributed by atoms with Gasteiger partial charge >= 0.3 is 23.9 Å². The molecule has 0 aliphatic carbocycles. The Labute approximate surface area is 214 Å². The van der Waals surface area contributed by atoms with Crippen LogP contribution in [0.2, 0.25) is 0 Å². The minimum Gasteiger partial charge on any atom is -0.463 e. The van der Waals surface area contributed by atoms with Gasteiger partial charge in [-0.2, -0.15) is 0 Å². The summed E-state index contributed by atoms with van der Waals surface area (Å²) in [6, 6.07) is 0.149. The molecule has 0 spiro atoms. The van der Waals surface area contributed by atoms with Crippen LogP contribution in [0, 0.1) is 18.8 Å². The molecule has 36 heavy (non-hydrogen) atoms. The summed E-state index contributed by atoms with van der Waals surface area (Å²) in [5.41, 5.74) is 0.205. The maximum absolute atomic E-state index is 13.0. The van der Waals surface area contributed by atoms with E-state index in [1.807, 2.05) is 0 Å². The number of nitrogens with one attached hydrogen (secondary N) is 1. The zero-order valence-corrected chi connectivity index (χ0v) is 21.6. The number of esters is 4. The largest absolute Gasteiger partial charge is 0.463 e. The maximum Gasteiger partial charge on any atom is 0.332 e. The number of pyridine rings is 1. The molecule has 1 aliphatic rings. The number of nitrogens with zero attached hydrogens (tertiary/aromatic N) is 1. The van der Waals surface area contributed by atoms with Crippen molar-refractivity contribution < 1.29 is 42.9 Å². The summed E-state index contributed by atoms with van der Waals surface area (Å²) in [6.07, 6.45) is -0.549. The Hall–Kier alpha value is -3.21. The quantitative estimate of drug-likeness (QED) is 0.303. The highest BCUT2D eigenvalue weighted by Crippen LogP contribution is 2.25. The van der Waals surface area contributed by atoms with Crippen molar-refractivity contribution in [2.75, 3.05) is 12.5 Å². The molecule has 1 amide bonds. The molecule has 0 radical (unpaired) electrons. The molecule has 2 rings (SSSR count). The van der Waals surface area contributed by atoms with Gasteiger partial charge in [0.15, 0.2) is 23.6 Å². The van der Waals surface area contributed by atoms with Crippen molar-refractivity contribution in [1.82, 2.24) is 10.3 Å². The monoisotopic (exact) mass is 526 g/mol. The normalized spacial score (nSPS) is 22.4. The topological polar surface area (TPSA) is 147 Å². The van der Waals surface area contributed by atoms with E-state index in [0.717, 1.165) is 0 Å². The Kier molecular flexibility index (Phi) is 10.6. The van der Waals surface area contributed by atoms with E-state index >= 15 is 0 Å². The predicted molar refractivity (Wildman–Crippen MR) is 126 cm³/mol. The summed E-state index contributed by atoms with van der Waals surface area (Å²) in [6.45, 7) is 7.57. The number of aromatic nitrogens is 1. The van der Waals surface area contributed by atoms with E-state index in [2.05, 4.69) is 10.3 Å². The summed E-state index contributed by atoms with van der Waals surface area (Å²) >= 11 is 5.57. The summed E-state index contributed by atoms with van der Waals surface area (Å²) in [5.74, 6) is -5.07. The molecule has 4 atom stereocenters. The zero-order chi connectivity index (χ0) is 27.0. The Morgan fingerprint density at radius 1 is 1.25 bits per heavy atom. The van der Waals surface area contributed by atoms with Crippen molar-refractivity contribution in [3.63, 3.8) is 0 Å². The lowest BCUT2D eigenvalue weighted by Gasteiger charge is -2.29. The lowest BCUT2D eigenvalue weighted by atomic mass is 9.95. The fraction of sp³-hybridized carbons (Fsp3) is 0.583. The molecule has 0 unspecified atom stereocenters. The fourth-order valence-corrected chi connectivity index (χ4v) is 3.54. The van der Waals surface area contributed by atoms with Gasteiger partial charge in [-0.15, -0.1) is 11.6 Å². The second-order valence-electron chi connectivity index (χ2n) is 8.59. The molecule has 1 aromatic heterocycles. The van der Waals surface area contributed by atoms with Gasteiger partial charge in [0.2, 0.25) is 0 Å². The number of carbonyl (C=O) groups is 5. The number of cyclic esters (lactones) is 2. The highest BCUT2D eigenvalue weighted by Gasteiger charge is 2.41. The predicted octanol–water partition coefficient (Wildman–Crippen LogP) is 2.11. The first-order chi connectivity index (χ1) is 17.0. The van der Waals surface area contributed by atoms with Crippen LogP contribution in [0.3, 0.4) is 0 Å². The van der Waals surface area contributed by atoms with Crippen LogP contribution < -0.4 is 10.1 Å². The van der Waals surface area contributed by atoms with E-state index < -0.39 is 66.5 Å². The number of ether oxygens (including phenoxy) is 4. The van der Waals surface area contributed by atoms with Crippen molar-refractivity contribution >= 4 is 41.4 Å². The fourth-order valence-electron chi connectivity index (χ4n) is 3.39. The first kappa shape index (κ1) is 29.0. The van der Waals surface area contributed by atoms with Crippen LogP contribution in [0.5, 0.6) is 5.75 Å². The van der Waals surface area contributed by atoms with Crippen LogP contribution in [0.4, 0.5) is 0 Å². The third-order valence-electron chi connectivity index (χ3n) is 5.44. The number of amides is 1. The highest BCUT2D eigenvalue weighted by atomic mass is 35.5. The van der Waals surface area contributed by atoms with E-state index in [0.29, 0.717) is 5.56 Å². The molecule has 2 heterocycles. The van der Waals surface area contributed by atoms with Gasteiger partial charge in [-0.05, 0) is 31.9 Å². The van der Waals surface area contributed by atoms with Gasteiger partial charge in [0, 0.05) is 12.1 Å². The van der Waals surface area contributed by atoms with Gasteiger partial charge in [0.05, 0.1) is 18.3 Å². The van der Waals surface area contributed by atoms with Crippen LogP contribution in [0.15, 0.2) is 12.3 Å². The van der Waals surface area contributed by atoms with E-state index in [1.54, 1.807) is 33.8 Å². The van der Waals surface area contributed by atoms with E-state index in [4.69, 9.17) is 30.5 Å². The van der Waals surface area contributed by atoms with Gasteiger partial charge < -0.3 is 24.3 Å². The first-order valence-electron chi connectivity index (χ1n) is 11.6. The molecule has 0 aromatic carbocycles. The molecule has 1 saturated heterocycles. The van der Waals surface area contributed by atoms with Crippen LogP contribution in [-0.2, 0) is 33.4 Å². The van der Waals surface area contributed by atoms with Crippen LogP contribution in [0.1, 0.15) is 56.6 Å². The summed E-state index contributed by atoms with van der Waals surface area (Å²) in [5, 5.41) is 2.42. The number of hydrogen-bond donors (Lipinski definition) is 1. The third-order valence-corrected chi connectivity index (χ3v) is 5.63. The molecular weight excluding hydrogens is 496 g/mol. The smallest absolute Gasteiger partial charge is 0.332 e. The SMILES string of the molecule is CC[C@H]1C(=O)OC[C@H](NC(=O)c2nccc(C)c2OC(=O)CCCl)C(=O)O[C@@H](C)[C@@H]1OC(=O)C(C)C. The van der Waals surface area contributed by atoms with Gasteiger partial charge in [-0.25, -0.2) is 9.78 Å². The van der Waals surface area contributed by atoms with Crippen LogP contribution in [-0.4, -0.2) is 65.5 Å².